The molecule has 0 aliphatic heterocycles. The van der Waals surface area contributed by atoms with Crippen molar-refractivity contribution in [1.82, 2.24) is 4.72 Å². The topological polar surface area (TPSA) is 141 Å². The standard InChI is InChI=1S/C6H4F2N2O6S2/c1-5(2,3-9)4(11)10-17(12,13)6(7,8)18(14,15)16/h1-2H,(H,10,11)(H,14,15,16). The van der Waals surface area contributed by atoms with Gasteiger partial charge in [0, 0.05) is 0 Å². The zero-order valence-electron chi connectivity index (χ0n) is 8.16. The van der Waals surface area contributed by atoms with Gasteiger partial charge in [0.2, 0.25) is 0 Å². The smallest absolute Gasteiger partial charge is 0.280 e. The van der Waals surface area contributed by atoms with Gasteiger partial charge < -0.3 is 0 Å². The molecule has 0 aromatic rings. The highest BCUT2D eigenvalue weighted by atomic mass is 32.3. The Morgan fingerprint density at radius 1 is 1.28 bits per heavy atom. The van der Waals surface area contributed by atoms with Crippen LogP contribution in [0.5, 0.6) is 0 Å². The minimum atomic E-state index is -6.36. The molecule has 0 saturated carbocycles. The van der Waals surface area contributed by atoms with Gasteiger partial charge in [0.15, 0.2) is 0 Å². The molecule has 2 N–H and O–H groups in total. The maximum absolute atomic E-state index is 12.8. The van der Waals surface area contributed by atoms with Gasteiger partial charge in [-0.05, 0) is 13.8 Å². The molecule has 0 fully saturated rings. The van der Waals surface area contributed by atoms with Crippen LogP contribution in [0.25, 0.3) is 0 Å². The Balaban J connectivity index is 5.52. The molecule has 0 atom stereocenters. The van der Waals surface area contributed by atoms with Gasteiger partial charge in [0.25, 0.3) is 5.91 Å². The van der Waals surface area contributed by atoms with Crippen LogP contribution in [0.2, 0.25) is 0 Å². The van der Waals surface area contributed by atoms with E-state index in [4.69, 9.17) is 23.7 Å². The Morgan fingerprint density at radius 3 is 1.94 bits per heavy atom. The van der Waals surface area contributed by atoms with Crippen LogP contribution in [0.3, 0.4) is 0 Å². The fraction of sp³-hybridized carbons (Fsp3) is 0.333. The molecule has 0 unspecified atom stereocenters. The molecule has 12 heteroatoms. The number of nitrogens with zero attached hydrogens (tertiary/aromatic N) is 1. The summed E-state index contributed by atoms with van der Waals surface area (Å²) in [5, 5.41) is 8.21. The van der Waals surface area contributed by atoms with Crippen LogP contribution in [0.15, 0.2) is 0 Å². The summed E-state index contributed by atoms with van der Waals surface area (Å²) < 4.78 is 70.2. The number of carbonyl (C=O) groups excluding carboxylic acids is 1. The van der Waals surface area contributed by atoms with E-state index in [2.05, 4.69) is 0 Å². The predicted octanol–water partition coefficient (Wildman–Crippen LogP) is -1.20. The highest BCUT2D eigenvalue weighted by molar-refractivity contribution is 8.06. The van der Waals surface area contributed by atoms with E-state index in [1.54, 1.807) is 0 Å². The van der Waals surface area contributed by atoms with E-state index in [-0.39, 0.29) is 0 Å². The maximum atomic E-state index is 12.8. The van der Waals surface area contributed by atoms with Crippen molar-refractivity contribution in [3.05, 3.63) is 13.8 Å². The summed E-state index contributed by atoms with van der Waals surface area (Å²) in [4.78, 5) is 10.9. The van der Waals surface area contributed by atoms with E-state index in [0.717, 1.165) is 6.07 Å². The summed E-state index contributed by atoms with van der Waals surface area (Å²) in [6.07, 6.45) is 0. The first kappa shape index (κ1) is 16.7. The number of hydrogen-bond acceptors (Lipinski definition) is 6. The Morgan fingerprint density at radius 2 is 1.67 bits per heavy atom. The molecule has 0 heterocycles. The number of rotatable bonds is 4. The number of nitriles is 1. The second-order valence-corrected chi connectivity index (χ2v) is 6.30. The molecule has 18 heavy (non-hydrogen) atoms. The quantitative estimate of drug-likeness (QED) is 0.621. The van der Waals surface area contributed by atoms with E-state index in [0.29, 0.717) is 4.72 Å². The molecule has 0 spiro atoms. The first-order valence-corrected chi connectivity index (χ1v) is 6.52. The van der Waals surface area contributed by atoms with Crippen LogP contribution in [0.1, 0.15) is 0 Å². The summed E-state index contributed by atoms with van der Waals surface area (Å²) in [6, 6.07) is 0.876. The SMILES string of the molecule is [CH]C([CH])(C#N)C(=O)NS(=O)(=O)C(F)(F)S(=O)(=O)O. The fourth-order valence-electron chi connectivity index (χ4n) is 0.455. The number of hydrogen-bond donors (Lipinski definition) is 2. The fourth-order valence-corrected chi connectivity index (χ4v) is 2.22. The Bertz CT molecular complexity index is 600. The zero-order chi connectivity index (χ0) is 15.0. The number of nitrogens with one attached hydrogen (secondary N) is 1. The Kier molecular flexibility index (Phi) is 4.09. The number of carbonyl (C=O) groups is 1. The van der Waals surface area contributed by atoms with Crippen molar-refractivity contribution in [2.24, 2.45) is 5.41 Å². The van der Waals surface area contributed by atoms with Crippen molar-refractivity contribution in [2.75, 3.05) is 0 Å². The van der Waals surface area contributed by atoms with Crippen molar-refractivity contribution >= 4 is 26.0 Å². The van der Waals surface area contributed by atoms with Gasteiger partial charge in [-0.3, -0.25) is 9.35 Å². The molecule has 0 aromatic heterocycles. The van der Waals surface area contributed by atoms with Gasteiger partial charge in [0.05, 0.1) is 6.07 Å². The van der Waals surface area contributed by atoms with E-state index in [1.165, 1.54) is 0 Å². The number of amides is 1. The molecule has 100 valence electrons. The first-order valence-electron chi connectivity index (χ1n) is 3.59. The van der Waals surface area contributed by atoms with Gasteiger partial charge in [-0.15, -0.1) is 0 Å². The van der Waals surface area contributed by atoms with Gasteiger partial charge >= 0.3 is 24.7 Å². The molecular weight excluding hydrogens is 298 g/mol. The van der Waals surface area contributed by atoms with Crippen LogP contribution in [0.4, 0.5) is 8.78 Å². The van der Waals surface area contributed by atoms with Crippen molar-refractivity contribution in [3.8, 4) is 6.07 Å². The number of sulfonamides is 1. The highest BCUT2D eigenvalue weighted by Gasteiger charge is 2.59. The molecule has 8 nitrogen and oxygen atoms in total. The normalized spacial score (nSPS) is 13.8. The summed E-state index contributed by atoms with van der Waals surface area (Å²) in [6.45, 7) is 9.40. The third-order valence-electron chi connectivity index (χ3n) is 1.40. The van der Waals surface area contributed by atoms with Crippen LogP contribution >= 0.6 is 0 Å². The van der Waals surface area contributed by atoms with Crippen molar-refractivity contribution < 1.29 is 35.0 Å². The molecule has 0 aliphatic carbocycles. The molecule has 0 bridgehead atoms. The van der Waals surface area contributed by atoms with Gasteiger partial charge in [0.1, 0.15) is 5.41 Å². The summed E-state index contributed by atoms with van der Waals surface area (Å²) in [5.74, 6) is -2.10. The summed E-state index contributed by atoms with van der Waals surface area (Å²) >= 11 is 0. The monoisotopic (exact) mass is 302 g/mol. The van der Waals surface area contributed by atoms with Crippen molar-refractivity contribution in [2.45, 2.75) is 4.59 Å². The van der Waals surface area contributed by atoms with Crippen LogP contribution in [-0.2, 0) is 24.9 Å². The molecular formula is C6H4F2N2O6S2. The average Bonchev–Trinajstić information content (AvgIpc) is 2.14. The Hall–Kier alpha value is -1.32. The van der Waals surface area contributed by atoms with Crippen LogP contribution in [-0.4, -0.2) is 31.9 Å². The second kappa shape index (κ2) is 4.41. The minimum absolute atomic E-state index is 0.466. The highest BCUT2D eigenvalue weighted by Crippen LogP contribution is 2.27. The third kappa shape index (κ3) is 2.92. The van der Waals surface area contributed by atoms with E-state index in [9.17, 15) is 30.4 Å². The number of alkyl halides is 2. The van der Waals surface area contributed by atoms with E-state index >= 15 is 0 Å². The lowest BCUT2D eigenvalue weighted by molar-refractivity contribution is -0.123. The van der Waals surface area contributed by atoms with Crippen LogP contribution in [0, 0.1) is 30.6 Å². The zero-order valence-corrected chi connectivity index (χ0v) is 9.80. The molecule has 1 amide bonds. The largest absolute Gasteiger partial charge is 0.489 e. The summed E-state index contributed by atoms with van der Waals surface area (Å²) in [7, 11) is -12.6. The molecule has 0 aliphatic rings. The lowest BCUT2D eigenvalue weighted by atomic mass is 9.95. The molecule has 0 saturated heterocycles. The van der Waals surface area contributed by atoms with Gasteiger partial charge in [-0.2, -0.15) is 30.9 Å². The maximum Gasteiger partial charge on any atom is 0.489 e. The summed E-state index contributed by atoms with van der Waals surface area (Å²) in [5.41, 5.74) is -2.98. The minimum Gasteiger partial charge on any atom is -0.280 e. The number of halogens is 2. The average molecular weight is 302 g/mol. The lowest BCUT2D eigenvalue weighted by Gasteiger charge is -2.18. The molecule has 0 rings (SSSR count). The van der Waals surface area contributed by atoms with Gasteiger partial charge in [-0.25, -0.2) is 4.72 Å². The van der Waals surface area contributed by atoms with Crippen LogP contribution < -0.4 is 4.72 Å². The second-order valence-electron chi connectivity index (χ2n) is 2.85. The Labute approximate surface area is 101 Å². The van der Waals surface area contributed by atoms with Crippen molar-refractivity contribution in [3.63, 3.8) is 0 Å². The first-order chi connectivity index (χ1) is 7.69. The lowest BCUT2D eigenvalue weighted by Crippen LogP contribution is -2.50. The van der Waals surface area contributed by atoms with E-state index in [1.807, 2.05) is 0 Å². The van der Waals surface area contributed by atoms with Crippen molar-refractivity contribution in [1.29, 1.82) is 5.26 Å². The third-order valence-corrected chi connectivity index (χ3v) is 4.37. The van der Waals surface area contributed by atoms with E-state index < -0.39 is 36.1 Å². The molecule has 0 aromatic carbocycles. The molecule has 4 radical (unpaired) electrons. The van der Waals surface area contributed by atoms with Gasteiger partial charge in [-0.1, -0.05) is 0 Å². The predicted molar refractivity (Wildman–Crippen MR) is 50.2 cm³/mol.